The van der Waals surface area contributed by atoms with Gasteiger partial charge < -0.3 is 10.6 Å². The predicted octanol–water partition coefficient (Wildman–Crippen LogP) is 3.74. The van der Waals surface area contributed by atoms with Crippen molar-refractivity contribution in [3.63, 3.8) is 0 Å². The SMILES string of the molecule is CNC(=O)c1cccc(CNc2cncc(SCc3ccccc3)n2)c1. The molecule has 0 aliphatic rings. The molecule has 6 heteroatoms. The summed E-state index contributed by atoms with van der Waals surface area (Å²) >= 11 is 1.65. The minimum atomic E-state index is -0.0917. The highest BCUT2D eigenvalue weighted by Crippen LogP contribution is 2.21. The first-order valence-electron chi connectivity index (χ1n) is 8.28. The smallest absolute Gasteiger partial charge is 0.251 e. The third-order valence-electron chi connectivity index (χ3n) is 3.73. The molecule has 2 N–H and O–H groups in total. The molecule has 1 heterocycles. The Morgan fingerprint density at radius 2 is 1.85 bits per heavy atom. The van der Waals surface area contributed by atoms with Crippen LogP contribution in [-0.2, 0) is 12.3 Å². The number of amides is 1. The summed E-state index contributed by atoms with van der Waals surface area (Å²) in [5, 5.41) is 6.77. The van der Waals surface area contributed by atoms with E-state index in [1.807, 2.05) is 36.4 Å². The molecule has 0 spiro atoms. The summed E-state index contributed by atoms with van der Waals surface area (Å²) in [6, 6.07) is 17.8. The molecule has 0 unspecified atom stereocenters. The molecule has 2 aromatic carbocycles. The molecular weight excluding hydrogens is 344 g/mol. The van der Waals surface area contributed by atoms with Gasteiger partial charge in [-0.25, -0.2) is 4.98 Å². The van der Waals surface area contributed by atoms with Gasteiger partial charge in [-0.15, -0.1) is 11.8 Å². The van der Waals surface area contributed by atoms with Crippen LogP contribution in [0.5, 0.6) is 0 Å². The zero-order valence-corrected chi connectivity index (χ0v) is 15.3. The number of rotatable bonds is 7. The van der Waals surface area contributed by atoms with Gasteiger partial charge in [-0.2, -0.15) is 0 Å². The molecule has 0 atom stereocenters. The molecule has 0 bridgehead atoms. The van der Waals surface area contributed by atoms with Crippen LogP contribution in [0.15, 0.2) is 72.0 Å². The van der Waals surface area contributed by atoms with Crippen LogP contribution in [0, 0.1) is 0 Å². The number of carbonyl (C=O) groups excluding carboxylic acids is 1. The molecule has 0 saturated heterocycles. The van der Waals surface area contributed by atoms with E-state index in [9.17, 15) is 4.79 Å². The van der Waals surface area contributed by atoms with E-state index in [1.54, 1.807) is 37.3 Å². The largest absolute Gasteiger partial charge is 0.365 e. The maximum atomic E-state index is 11.7. The Labute approximate surface area is 157 Å². The van der Waals surface area contributed by atoms with Crippen LogP contribution in [-0.4, -0.2) is 22.9 Å². The topological polar surface area (TPSA) is 66.9 Å². The summed E-state index contributed by atoms with van der Waals surface area (Å²) in [6.45, 7) is 0.576. The number of carbonyl (C=O) groups is 1. The van der Waals surface area contributed by atoms with Crippen LogP contribution < -0.4 is 10.6 Å². The lowest BCUT2D eigenvalue weighted by Gasteiger charge is -2.08. The van der Waals surface area contributed by atoms with Crippen LogP contribution in [0.2, 0.25) is 0 Å². The maximum Gasteiger partial charge on any atom is 0.251 e. The monoisotopic (exact) mass is 364 g/mol. The molecule has 5 nitrogen and oxygen atoms in total. The van der Waals surface area contributed by atoms with Crippen molar-refractivity contribution in [2.45, 2.75) is 17.3 Å². The van der Waals surface area contributed by atoms with E-state index in [0.29, 0.717) is 17.9 Å². The number of benzene rings is 2. The fourth-order valence-corrected chi connectivity index (χ4v) is 3.20. The average molecular weight is 364 g/mol. The molecule has 3 rings (SSSR count). The highest BCUT2D eigenvalue weighted by molar-refractivity contribution is 7.98. The zero-order chi connectivity index (χ0) is 18.2. The Kier molecular flexibility index (Phi) is 6.22. The Morgan fingerprint density at radius 1 is 1.04 bits per heavy atom. The van der Waals surface area contributed by atoms with Crippen LogP contribution in [0.4, 0.5) is 5.82 Å². The van der Waals surface area contributed by atoms with Crippen molar-refractivity contribution in [3.05, 3.63) is 83.7 Å². The lowest BCUT2D eigenvalue weighted by atomic mass is 10.1. The van der Waals surface area contributed by atoms with E-state index >= 15 is 0 Å². The minimum Gasteiger partial charge on any atom is -0.365 e. The van der Waals surface area contributed by atoms with Gasteiger partial charge in [0.1, 0.15) is 10.8 Å². The summed E-state index contributed by atoms with van der Waals surface area (Å²) in [7, 11) is 1.63. The second-order valence-electron chi connectivity index (χ2n) is 5.65. The van der Waals surface area contributed by atoms with Crippen molar-refractivity contribution in [2.24, 2.45) is 0 Å². The zero-order valence-electron chi connectivity index (χ0n) is 14.5. The summed E-state index contributed by atoms with van der Waals surface area (Å²) in [5.41, 5.74) is 2.91. The molecule has 0 aliphatic heterocycles. The van der Waals surface area contributed by atoms with Crippen LogP contribution in [0.25, 0.3) is 0 Å². The average Bonchev–Trinajstić information content (AvgIpc) is 2.71. The van der Waals surface area contributed by atoms with Crippen LogP contribution in [0.1, 0.15) is 21.5 Å². The van der Waals surface area contributed by atoms with E-state index in [2.05, 4.69) is 32.7 Å². The molecule has 0 fully saturated rings. The molecule has 0 saturated carbocycles. The van der Waals surface area contributed by atoms with E-state index in [4.69, 9.17) is 0 Å². The quantitative estimate of drug-likeness (QED) is 0.625. The number of aromatic nitrogens is 2. The van der Waals surface area contributed by atoms with Crippen molar-refractivity contribution < 1.29 is 4.79 Å². The number of nitrogens with one attached hydrogen (secondary N) is 2. The standard InChI is InChI=1S/C20H20N4OS/c1-21-20(25)17-9-5-8-16(10-17)11-23-18-12-22-13-19(24-18)26-14-15-6-3-2-4-7-15/h2-10,12-13H,11,14H2,1H3,(H,21,25)(H,23,24). The molecule has 0 aliphatic carbocycles. The van der Waals surface area contributed by atoms with Gasteiger partial charge >= 0.3 is 0 Å². The Hall–Kier alpha value is -2.86. The van der Waals surface area contributed by atoms with E-state index < -0.39 is 0 Å². The summed E-state index contributed by atoms with van der Waals surface area (Å²) < 4.78 is 0. The second-order valence-corrected chi connectivity index (χ2v) is 6.65. The first-order valence-corrected chi connectivity index (χ1v) is 9.27. The van der Waals surface area contributed by atoms with Crippen molar-refractivity contribution >= 4 is 23.5 Å². The molecule has 132 valence electrons. The number of hydrogen-bond acceptors (Lipinski definition) is 5. The van der Waals surface area contributed by atoms with E-state index in [1.165, 1.54) is 5.56 Å². The Balaban J connectivity index is 1.59. The fraction of sp³-hybridized carbons (Fsp3) is 0.150. The maximum absolute atomic E-state index is 11.7. The summed E-state index contributed by atoms with van der Waals surface area (Å²) in [5.74, 6) is 1.48. The highest BCUT2D eigenvalue weighted by atomic mass is 32.2. The van der Waals surface area contributed by atoms with Crippen molar-refractivity contribution in [3.8, 4) is 0 Å². The van der Waals surface area contributed by atoms with Gasteiger partial charge in [-0.1, -0.05) is 42.5 Å². The van der Waals surface area contributed by atoms with Crippen molar-refractivity contribution in [1.29, 1.82) is 0 Å². The Morgan fingerprint density at radius 3 is 2.65 bits per heavy atom. The third-order valence-corrected chi connectivity index (χ3v) is 4.70. The van der Waals surface area contributed by atoms with Gasteiger partial charge in [0.25, 0.3) is 5.91 Å². The lowest BCUT2D eigenvalue weighted by molar-refractivity contribution is 0.0963. The first-order chi connectivity index (χ1) is 12.7. The third kappa shape index (κ3) is 5.07. The lowest BCUT2D eigenvalue weighted by Crippen LogP contribution is -2.18. The van der Waals surface area contributed by atoms with Crippen LogP contribution >= 0.6 is 11.8 Å². The number of thioether (sulfide) groups is 1. The molecule has 3 aromatic rings. The molecule has 1 amide bonds. The summed E-state index contributed by atoms with van der Waals surface area (Å²) in [6.07, 6.45) is 3.47. The fourth-order valence-electron chi connectivity index (χ4n) is 2.39. The Bertz CT molecular complexity index is 870. The van der Waals surface area contributed by atoms with Crippen molar-refractivity contribution in [2.75, 3.05) is 12.4 Å². The minimum absolute atomic E-state index is 0.0917. The second kappa shape index (κ2) is 9.01. The van der Waals surface area contributed by atoms with Gasteiger partial charge in [0, 0.05) is 24.9 Å². The normalized spacial score (nSPS) is 10.3. The van der Waals surface area contributed by atoms with Crippen LogP contribution in [0.3, 0.4) is 0 Å². The molecule has 1 aromatic heterocycles. The molecular formula is C20H20N4OS. The van der Waals surface area contributed by atoms with Gasteiger partial charge in [0.15, 0.2) is 0 Å². The van der Waals surface area contributed by atoms with Gasteiger partial charge in [0.05, 0.1) is 12.4 Å². The highest BCUT2D eigenvalue weighted by Gasteiger charge is 2.05. The number of anilines is 1. The predicted molar refractivity (Wildman–Crippen MR) is 105 cm³/mol. The number of hydrogen-bond donors (Lipinski definition) is 2. The van der Waals surface area contributed by atoms with Gasteiger partial charge in [0.2, 0.25) is 0 Å². The van der Waals surface area contributed by atoms with E-state index in [0.717, 1.165) is 16.3 Å². The number of nitrogens with zero attached hydrogens (tertiary/aromatic N) is 2. The van der Waals surface area contributed by atoms with Gasteiger partial charge in [-0.05, 0) is 23.3 Å². The van der Waals surface area contributed by atoms with Crippen molar-refractivity contribution in [1.82, 2.24) is 15.3 Å². The first kappa shape index (κ1) is 17.9. The molecule has 26 heavy (non-hydrogen) atoms. The van der Waals surface area contributed by atoms with Gasteiger partial charge in [-0.3, -0.25) is 9.78 Å². The molecule has 0 radical (unpaired) electrons. The summed E-state index contributed by atoms with van der Waals surface area (Å²) in [4.78, 5) is 20.6. The van der Waals surface area contributed by atoms with E-state index in [-0.39, 0.29) is 5.91 Å².